The maximum Gasteiger partial charge on any atom is 0.416 e. The zero-order chi connectivity index (χ0) is 17.2. The van der Waals surface area contributed by atoms with Gasteiger partial charge in [0.25, 0.3) is 0 Å². The van der Waals surface area contributed by atoms with Gasteiger partial charge in [-0.05, 0) is 46.5 Å². The molecule has 1 aliphatic rings. The summed E-state index contributed by atoms with van der Waals surface area (Å²) in [5.74, 6) is 0. The van der Waals surface area contributed by atoms with Crippen LogP contribution in [0.2, 0.25) is 0 Å². The van der Waals surface area contributed by atoms with Crippen LogP contribution in [0, 0.1) is 0 Å². The van der Waals surface area contributed by atoms with E-state index >= 15 is 0 Å². The third kappa shape index (κ3) is 2.40. The topological polar surface area (TPSA) is 0 Å². The third-order valence-electron chi connectivity index (χ3n) is 4.33. The van der Waals surface area contributed by atoms with Crippen LogP contribution in [0.4, 0.5) is 26.3 Å². The van der Waals surface area contributed by atoms with Gasteiger partial charge in [0.1, 0.15) is 0 Å². The molecule has 0 bridgehead atoms. The Morgan fingerprint density at radius 1 is 0.652 bits per heavy atom. The molecule has 2 aromatic rings. The first-order chi connectivity index (χ1) is 10.4. The smallest absolute Gasteiger partial charge is 0.166 e. The maximum atomic E-state index is 12.9. The lowest BCUT2D eigenvalue weighted by molar-refractivity contribution is -0.138. The van der Waals surface area contributed by atoms with Crippen molar-refractivity contribution in [1.82, 2.24) is 0 Å². The molecule has 0 spiro atoms. The van der Waals surface area contributed by atoms with Gasteiger partial charge in [0.2, 0.25) is 0 Å². The van der Waals surface area contributed by atoms with Crippen LogP contribution in [-0.2, 0) is 17.8 Å². The van der Waals surface area contributed by atoms with Crippen molar-refractivity contribution in [3.8, 4) is 11.1 Å². The van der Waals surface area contributed by atoms with Crippen molar-refractivity contribution in [3.05, 3.63) is 58.7 Å². The molecule has 0 heterocycles. The lowest BCUT2D eigenvalue weighted by atomic mass is 9.81. The molecule has 0 fully saturated rings. The molecule has 0 saturated heterocycles. The molecule has 0 aromatic heterocycles. The Hall–Kier alpha value is -1.98. The highest BCUT2D eigenvalue weighted by Crippen LogP contribution is 2.51. The summed E-state index contributed by atoms with van der Waals surface area (Å²) < 4.78 is 77.5. The number of hydrogen-bond donors (Lipinski definition) is 0. The molecule has 0 N–H and O–H groups in total. The summed E-state index contributed by atoms with van der Waals surface area (Å²) in [6.07, 6.45) is -8.98. The Morgan fingerprint density at radius 2 is 1.00 bits per heavy atom. The number of rotatable bonds is 0. The van der Waals surface area contributed by atoms with Crippen LogP contribution < -0.4 is 0 Å². The van der Waals surface area contributed by atoms with Crippen molar-refractivity contribution in [2.75, 3.05) is 0 Å². The standard InChI is InChI=1S/C17H12F6/c1-15(2)13-7-9(16(18,19)20)3-5-11(13)12-6-4-10(8-14(12)15)17(21,22)23/h3-8H,1-2H3. The summed E-state index contributed by atoms with van der Waals surface area (Å²) in [6, 6.07) is 6.65. The van der Waals surface area contributed by atoms with Crippen LogP contribution in [-0.4, -0.2) is 0 Å². The van der Waals surface area contributed by atoms with E-state index in [2.05, 4.69) is 0 Å². The van der Waals surface area contributed by atoms with E-state index in [-0.39, 0.29) is 0 Å². The van der Waals surface area contributed by atoms with Crippen molar-refractivity contribution in [2.24, 2.45) is 0 Å². The Morgan fingerprint density at radius 3 is 1.30 bits per heavy atom. The number of alkyl halides is 6. The van der Waals surface area contributed by atoms with Gasteiger partial charge in [-0.3, -0.25) is 0 Å². The monoisotopic (exact) mass is 330 g/mol. The zero-order valence-electron chi connectivity index (χ0n) is 12.2. The molecule has 0 nitrogen and oxygen atoms in total. The minimum absolute atomic E-state index is 0.390. The van der Waals surface area contributed by atoms with Crippen molar-refractivity contribution in [1.29, 1.82) is 0 Å². The number of fused-ring (bicyclic) bond motifs is 3. The van der Waals surface area contributed by atoms with E-state index < -0.39 is 28.9 Å². The fraction of sp³-hybridized carbons (Fsp3) is 0.294. The molecular weight excluding hydrogens is 318 g/mol. The maximum absolute atomic E-state index is 12.9. The molecule has 0 atom stereocenters. The van der Waals surface area contributed by atoms with E-state index in [1.165, 1.54) is 12.1 Å². The largest absolute Gasteiger partial charge is 0.416 e. The van der Waals surface area contributed by atoms with Gasteiger partial charge >= 0.3 is 12.4 Å². The summed E-state index contributed by atoms with van der Waals surface area (Å²) in [5.41, 5.74) is -0.643. The van der Waals surface area contributed by atoms with Gasteiger partial charge in [0.15, 0.2) is 0 Å². The lowest BCUT2D eigenvalue weighted by Crippen LogP contribution is -2.17. The van der Waals surface area contributed by atoms with Crippen molar-refractivity contribution in [3.63, 3.8) is 0 Å². The summed E-state index contributed by atoms with van der Waals surface area (Å²) in [6.45, 7) is 3.27. The predicted octanol–water partition coefficient (Wildman–Crippen LogP) is 6.03. The average molecular weight is 330 g/mol. The highest BCUT2D eigenvalue weighted by atomic mass is 19.4. The molecule has 0 radical (unpaired) electrons. The van der Waals surface area contributed by atoms with E-state index in [0.29, 0.717) is 22.3 Å². The highest BCUT2D eigenvalue weighted by molar-refractivity contribution is 5.81. The molecule has 6 heteroatoms. The van der Waals surface area contributed by atoms with Gasteiger partial charge in [-0.2, -0.15) is 26.3 Å². The molecule has 0 saturated carbocycles. The second-order valence-electron chi connectivity index (χ2n) is 6.14. The third-order valence-corrected chi connectivity index (χ3v) is 4.33. The quantitative estimate of drug-likeness (QED) is 0.517. The van der Waals surface area contributed by atoms with Crippen molar-refractivity contribution >= 4 is 0 Å². The van der Waals surface area contributed by atoms with Crippen molar-refractivity contribution in [2.45, 2.75) is 31.6 Å². The molecule has 0 amide bonds. The second-order valence-corrected chi connectivity index (χ2v) is 6.14. The number of hydrogen-bond acceptors (Lipinski definition) is 0. The highest BCUT2D eigenvalue weighted by Gasteiger charge is 2.41. The summed E-state index contributed by atoms with van der Waals surface area (Å²) >= 11 is 0. The first-order valence-electron chi connectivity index (χ1n) is 6.86. The Balaban J connectivity index is 2.22. The van der Waals surface area contributed by atoms with Crippen LogP contribution in [0.3, 0.4) is 0 Å². The van der Waals surface area contributed by atoms with Crippen LogP contribution in [0.15, 0.2) is 36.4 Å². The van der Waals surface area contributed by atoms with E-state index in [1.807, 2.05) is 0 Å². The SMILES string of the molecule is CC1(C)c2cc(C(F)(F)F)ccc2-c2ccc(C(F)(F)F)cc21. The zero-order valence-corrected chi connectivity index (χ0v) is 12.2. The molecule has 23 heavy (non-hydrogen) atoms. The first-order valence-corrected chi connectivity index (χ1v) is 6.86. The van der Waals surface area contributed by atoms with E-state index in [0.717, 1.165) is 24.3 Å². The molecule has 0 aliphatic heterocycles. The fourth-order valence-corrected chi connectivity index (χ4v) is 3.09. The summed E-state index contributed by atoms with van der Waals surface area (Å²) in [4.78, 5) is 0. The van der Waals surface area contributed by atoms with Gasteiger partial charge in [-0.25, -0.2) is 0 Å². The molecule has 122 valence electrons. The fourth-order valence-electron chi connectivity index (χ4n) is 3.09. The Bertz CT molecular complexity index is 715. The van der Waals surface area contributed by atoms with E-state index in [4.69, 9.17) is 0 Å². The van der Waals surface area contributed by atoms with Gasteiger partial charge in [0.05, 0.1) is 11.1 Å². The molecule has 3 rings (SSSR count). The first kappa shape index (κ1) is 15.9. The van der Waals surface area contributed by atoms with Crippen LogP contribution in [0.25, 0.3) is 11.1 Å². The average Bonchev–Trinajstić information content (AvgIpc) is 2.65. The van der Waals surface area contributed by atoms with Gasteiger partial charge in [-0.15, -0.1) is 0 Å². The van der Waals surface area contributed by atoms with Crippen LogP contribution >= 0.6 is 0 Å². The molecule has 0 unspecified atom stereocenters. The Kier molecular flexibility index (Phi) is 3.13. The second kappa shape index (κ2) is 4.52. The summed E-state index contributed by atoms with van der Waals surface area (Å²) in [7, 11) is 0. The van der Waals surface area contributed by atoms with Crippen LogP contribution in [0.5, 0.6) is 0 Å². The minimum atomic E-state index is -4.49. The van der Waals surface area contributed by atoms with Crippen molar-refractivity contribution < 1.29 is 26.3 Å². The summed E-state index contributed by atoms with van der Waals surface area (Å²) in [5, 5.41) is 0. The minimum Gasteiger partial charge on any atom is -0.166 e. The molecule has 2 aromatic carbocycles. The molecular formula is C17H12F6. The van der Waals surface area contributed by atoms with Crippen LogP contribution in [0.1, 0.15) is 36.1 Å². The number of benzene rings is 2. The Labute approximate surface area is 128 Å². The normalized spacial score (nSPS) is 16.2. The molecule has 1 aliphatic carbocycles. The predicted molar refractivity (Wildman–Crippen MR) is 74.0 cm³/mol. The van der Waals surface area contributed by atoms with Gasteiger partial charge < -0.3 is 0 Å². The lowest BCUT2D eigenvalue weighted by Gasteiger charge is -2.23. The van der Waals surface area contributed by atoms with E-state index in [1.54, 1.807) is 13.8 Å². The van der Waals surface area contributed by atoms with Gasteiger partial charge in [0, 0.05) is 5.41 Å². The number of halogens is 6. The van der Waals surface area contributed by atoms with Gasteiger partial charge in [-0.1, -0.05) is 26.0 Å². The van der Waals surface area contributed by atoms with E-state index in [9.17, 15) is 26.3 Å².